The van der Waals surface area contributed by atoms with Gasteiger partial charge in [0.05, 0.1) is 5.69 Å². The van der Waals surface area contributed by atoms with Gasteiger partial charge in [-0.2, -0.15) is 0 Å². The van der Waals surface area contributed by atoms with Gasteiger partial charge >= 0.3 is 0 Å². The lowest BCUT2D eigenvalue weighted by atomic mass is 10.1. The van der Waals surface area contributed by atoms with Crippen LogP contribution in [0, 0.1) is 0 Å². The van der Waals surface area contributed by atoms with E-state index in [2.05, 4.69) is 34.6 Å². The van der Waals surface area contributed by atoms with Gasteiger partial charge < -0.3 is 10.2 Å². The Morgan fingerprint density at radius 1 is 1.25 bits per heavy atom. The third-order valence-electron chi connectivity index (χ3n) is 4.97. The Balaban J connectivity index is 1.45. The molecule has 4 rings (SSSR count). The van der Waals surface area contributed by atoms with Crippen LogP contribution in [0.3, 0.4) is 0 Å². The quantitative estimate of drug-likeness (QED) is 0.942. The van der Waals surface area contributed by atoms with Crippen molar-refractivity contribution >= 4 is 11.9 Å². The number of fused-ring (bicyclic) bond motifs is 2. The van der Waals surface area contributed by atoms with E-state index >= 15 is 0 Å². The molecule has 5 heteroatoms. The number of rotatable bonds is 3. The highest BCUT2D eigenvalue weighted by Gasteiger charge is 2.24. The van der Waals surface area contributed by atoms with Gasteiger partial charge in [-0.3, -0.25) is 4.79 Å². The summed E-state index contributed by atoms with van der Waals surface area (Å²) >= 11 is 0. The minimum absolute atomic E-state index is 0.201. The molecule has 0 unspecified atom stereocenters. The van der Waals surface area contributed by atoms with Crippen molar-refractivity contribution in [2.24, 2.45) is 0 Å². The summed E-state index contributed by atoms with van der Waals surface area (Å²) < 4.78 is 0. The highest BCUT2D eigenvalue weighted by molar-refractivity contribution is 5.76. The van der Waals surface area contributed by atoms with Crippen molar-refractivity contribution in [3.63, 3.8) is 0 Å². The maximum absolute atomic E-state index is 11.9. The van der Waals surface area contributed by atoms with E-state index in [1.165, 1.54) is 11.1 Å². The van der Waals surface area contributed by atoms with Gasteiger partial charge in [0.2, 0.25) is 11.9 Å². The zero-order valence-corrected chi connectivity index (χ0v) is 14.0. The van der Waals surface area contributed by atoms with Gasteiger partial charge in [-0.15, -0.1) is 0 Å². The van der Waals surface area contributed by atoms with Crippen molar-refractivity contribution in [2.75, 3.05) is 11.9 Å². The van der Waals surface area contributed by atoms with Crippen molar-refractivity contribution in [1.29, 1.82) is 0 Å². The van der Waals surface area contributed by atoms with Crippen LogP contribution in [0.5, 0.6) is 0 Å². The molecule has 1 aliphatic heterocycles. The first kappa shape index (κ1) is 15.1. The Kier molecular flexibility index (Phi) is 3.92. The Bertz CT molecular complexity index is 749. The van der Waals surface area contributed by atoms with Crippen LogP contribution < -0.4 is 5.32 Å². The van der Waals surface area contributed by atoms with Crippen LogP contribution in [0.4, 0.5) is 5.95 Å². The number of hydrogen-bond acceptors (Lipinski definition) is 4. The van der Waals surface area contributed by atoms with Crippen LogP contribution in [0.1, 0.15) is 35.7 Å². The summed E-state index contributed by atoms with van der Waals surface area (Å²) in [6.07, 6.45) is 5.29. The van der Waals surface area contributed by atoms with Crippen molar-refractivity contribution < 1.29 is 4.79 Å². The van der Waals surface area contributed by atoms with Crippen LogP contribution in [-0.4, -0.2) is 33.4 Å². The van der Waals surface area contributed by atoms with E-state index in [4.69, 9.17) is 4.98 Å². The lowest BCUT2D eigenvalue weighted by Crippen LogP contribution is -2.36. The van der Waals surface area contributed by atoms with Gasteiger partial charge in [-0.25, -0.2) is 9.97 Å². The Morgan fingerprint density at radius 2 is 2.00 bits per heavy atom. The topological polar surface area (TPSA) is 58.1 Å². The SMILES string of the molecule is CCC(=O)N1CCc2nc(NC3Cc4ccccc4C3)ncc2C1. The van der Waals surface area contributed by atoms with Crippen molar-refractivity contribution in [1.82, 2.24) is 14.9 Å². The summed E-state index contributed by atoms with van der Waals surface area (Å²) in [6, 6.07) is 8.95. The van der Waals surface area contributed by atoms with E-state index in [-0.39, 0.29) is 5.91 Å². The largest absolute Gasteiger partial charge is 0.351 e. The van der Waals surface area contributed by atoms with Crippen molar-refractivity contribution in [3.8, 4) is 0 Å². The van der Waals surface area contributed by atoms with Crippen molar-refractivity contribution in [2.45, 2.75) is 45.2 Å². The molecule has 5 nitrogen and oxygen atoms in total. The molecule has 1 aliphatic carbocycles. The second-order valence-corrected chi connectivity index (χ2v) is 6.60. The molecule has 124 valence electrons. The maximum Gasteiger partial charge on any atom is 0.223 e. The molecule has 0 saturated heterocycles. The van der Waals surface area contributed by atoms with Gasteiger partial charge in [0.1, 0.15) is 0 Å². The molecule has 0 spiro atoms. The molecule has 2 aliphatic rings. The lowest BCUT2D eigenvalue weighted by Gasteiger charge is -2.28. The smallest absolute Gasteiger partial charge is 0.223 e. The summed E-state index contributed by atoms with van der Waals surface area (Å²) in [6.45, 7) is 3.29. The fourth-order valence-electron chi connectivity index (χ4n) is 3.67. The molecule has 24 heavy (non-hydrogen) atoms. The zero-order chi connectivity index (χ0) is 16.5. The van der Waals surface area contributed by atoms with Crippen LogP contribution in [-0.2, 0) is 30.6 Å². The molecule has 0 fully saturated rings. The summed E-state index contributed by atoms with van der Waals surface area (Å²) in [5.41, 5.74) is 4.98. The molecule has 0 atom stereocenters. The Morgan fingerprint density at radius 3 is 2.71 bits per heavy atom. The zero-order valence-electron chi connectivity index (χ0n) is 14.0. The highest BCUT2D eigenvalue weighted by atomic mass is 16.2. The minimum Gasteiger partial charge on any atom is -0.351 e. The molecular formula is C19H22N4O. The van der Waals surface area contributed by atoms with E-state index in [9.17, 15) is 4.79 Å². The summed E-state index contributed by atoms with van der Waals surface area (Å²) in [4.78, 5) is 22.9. The van der Waals surface area contributed by atoms with Gasteiger partial charge in [0.15, 0.2) is 0 Å². The molecule has 0 saturated carbocycles. The summed E-state index contributed by atoms with van der Waals surface area (Å²) in [7, 11) is 0. The van der Waals surface area contributed by atoms with E-state index in [0.29, 0.717) is 25.0 Å². The van der Waals surface area contributed by atoms with E-state index in [0.717, 1.165) is 37.1 Å². The third-order valence-corrected chi connectivity index (χ3v) is 4.97. The number of nitrogens with one attached hydrogen (secondary N) is 1. The van der Waals surface area contributed by atoms with E-state index < -0.39 is 0 Å². The van der Waals surface area contributed by atoms with Crippen LogP contribution >= 0.6 is 0 Å². The molecule has 1 amide bonds. The normalized spacial score (nSPS) is 16.6. The fraction of sp³-hybridized carbons (Fsp3) is 0.421. The number of carbonyl (C=O) groups excluding carboxylic acids is 1. The maximum atomic E-state index is 11.9. The fourth-order valence-corrected chi connectivity index (χ4v) is 3.67. The van der Waals surface area contributed by atoms with E-state index in [1.807, 2.05) is 18.0 Å². The predicted octanol–water partition coefficient (Wildman–Crippen LogP) is 2.35. The number of carbonyl (C=O) groups is 1. The number of anilines is 1. The second kappa shape index (κ2) is 6.23. The molecule has 1 aromatic carbocycles. The minimum atomic E-state index is 0.201. The first-order valence-corrected chi connectivity index (χ1v) is 8.69. The highest BCUT2D eigenvalue weighted by Crippen LogP contribution is 2.24. The van der Waals surface area contributed by atoms with E-state index in [1.54, 1.807) is 0 Å². The Hall–Kier alpha value is -2.43. The van der Waals surface area contributed by atoms with Gasteiger partial charge in [-0.1, -0.05) is 31.2 Å². The van der Waals surface area contributed by atoms with Crippen molar-refractivity contribution in [3.05, 3.63) is 52.8 Å². The molecule has 0 radical (unpaired) electrons. The number of amides is 1. The molecule has 2 aromatic rings. The summed E-state index contributed by atoms with van der Waals surface area (Å²) in [5, 5.41) is 3.48. The average molecular weight is 322 g/mol. The van der Waals surface area contributed by atoms with Crippen LogP contribution in [0.25, 0.3) is 0 Å². The Labute approximate surface area is 142 Å². The molecule has 2 heterocycles. The van der Waals surface area contributed by atoms with Gasteiger partial charge in [0, 0.05) is 43.7 Å². The number of benzene rings is 1. The molecule has 1 N–H and O–H groups in total. The number of hydrogen-bond donors (Lipinski definition) is 1. The number of aromatic nitrogens is 2. The van der Waals surface area contributed by atoms with Gasteiger partial charge in [-0.05, 0) is 24.0 Å². The monoisotopic (exact) mass is 322 g/mol. The standard InChI is InChI=1S/C19H22N4O/c1-2-18(24)23-8-7-17-15(12-23)11-20-19(22-17)21-16-9-13-5-3-4-6-14(13)10-16/h3-6,11,16H,2,7-10,12H2,1H3,(H,20,21,22). The average Bonchev–Trinajstić information content (AvgIpc) is 3.02. The first-order chi connectivity index (χ1) is 11.7. The molecule has 0 bridgehead atoms. The first-order valence-electron chi connectivity index (χ1n) is 8.69. The predicted molar refractivity (Wildman–Crippen MR) is 92.7 cm³/mol. The third kappa shape index (κ3) is 2.86. The lowest BCUT2D eigenvalue weighted by molar-refractivity contribution is -0.131. The number of nitrogens with zero attached hydrogens (tertiary/aromatic N) is 3. The second-order valence-electron chi connectivity index (χ2n) is 6.60. The van der Waals surface area contributed by atoms with Gasteiger partial charge in [0.25, 0.3) is 0 Å². The molecular weight excluding hydrogens is 300 g/mol. The molecule has 1 aromatic heterocycles. The van der Waals surface area contributed by atoms with Crippen LogP contribution in [0.15, 0.2) is 30.5 Å². The van der Waals surface area contributed by atoms with Crippen LogP contribution in [0.2, 0.25) is 0 Å². The summed E-state index contributed by atoms with van der Waals surface area (Å²) in [5.74, 6) is 0.911.